The van der Waals surface area contributed by atoms with E-state index in [-0.39, 0.29) is 12.5 Å². The van der Waals surface area contributed by atoms with Crippen molar-refractivity contribution in [2.45, 2.75) is 19.8 Å². The van der Waals surface area contributed by atoms with Crippen molar-refractivity contribution in [3.8, 4) is 0 Å². The highest BCUT2D eigenvalue weighted by Gasteiger charge is 2.08. The van der Waals surface area contributed by atoms with Crippen LogP contribution < -0.4 is 0 Å². The lowest BCUT2D eigenvalue weighted by molar-refractivity contribution is -0.130. The number of carbonyl (C=O) groups is 1. The number of hydrogen-bond donors (Lipinski definition) is 1. The number of carbonyl (C=O) groups excluding carboxylic acids is 1. The van der Waals surface area contributed by atoms with Crippen molar-refractivity contribution in [3.05, 3.63) is 12.7 Å². The summed E-state index contributed by atoms with van der Waals surface area (Å²) in [6.07, 6.45) is 2.87. The number of aliphatic hydroxyl groups is 1. The first-order chi connectivity index (χ1) is 5.76. The molecular formula is C9H17NO2. The van der Waals surface area contributed by atoms with Crippen LogP contribution in [0, 0.1) is 0 Å². The Balaban J connectivity index is 3.89. The van der Waals surface area contributed by atoms with Gasteiger partial charge in [0, 0.05) is 19.5 Å². The molecule has 0 atom stereocenters. The fraction of sp³-hybridized carbons (Fsp3) is 0.667. The van der Waals surface area contributed by atoms with Gasteiger partial charge >= 0.3 is 0 Å². The molecule has 3 heteroatoms. The zero-order valence-corrected chi connectivity index (χ0v) is 7.62. The van der Waals surface area contributed by atoms with Crippen molar-refractivity contribution in [3.63, 3.8) is 0 Å². The third-order valence-corrected chi connectivity index (χ3v) is 1.54. The van der Waals surface area contributed by atoms with Crippen molar-refractivity contribution < 1.29 is 9.90 Å². The molecule has 70 valence electrons. The molecule has 0 spiro atoms. The topological polar surface area (TPSA) is 40.5 Å². The molecule has 1 amide bonds. The Morgan fingerprint density at radius 1 is 1.58 bits per heavy atom. The third-order valence-electron chi connectivity index (χ3n) is 1.54. The summed E-state index contributed by atoms with van der Waals surface area (Å²) in [6, 6.07) is 0. The Bertz CT molecular complexity index is 139. The van der Waals surface area contributed by atoms with Crippen LogP contribution >= 0.6 is 0 Å². The predicted molar refractivity (Wildman–Crippen MR) is 48.8 cm³/mol. The molecule has 0 aromatic rings. The summed E-state index contributed by atoms with van der Waals surface area (Å²) >= 11 is 0. The van der Waals surface area contributed by atoms with Gasteiger partial charge in [0.25, 0.3) is 0 Å². The van der Waals surface area contributed by atoms with Crippen LogP contribution in [0.2, 0.25) is 0 Å². The molecule has 0 aliphatic rings. The van der Waals surface area contributed by atoms with E-state index in [9.17, 15) is 4.79 Å². The normalized spacial score (nSPS) is 9.50. The van der Waals surface area contributed by atoms with Crippen molar-refractivity contribution in [2.75, 3.05) is 19.7 Å². The lowest BCUT2D eigenvalue weighted by Crippen LogP contribution is -2.33. The average Bonchev–Trinajstić information content (AvgIpc) is 2.04. The van der Waals surface area contributed by atoms with Crippen LogP contribution in [-0.2, 0) is 4.79 Å². The first-order valence-corrected chi connectivity index (χ1v) is 4.25. The number of nitrogens with zero attached hydrogens (tertiary/aromatic N) is 1. The smallest absolute Gasteiger partial charge is 0.226 e. The molecule has 0 bridgehead atoms. The largest absolute Gasteiger partial charge is 0.395 e. The van der Waals surface area contributed by atoms with Gasteiger partial charge in [-0.25, -0.2) is 0 Å². The molecule has 1 N–H and O–H groups in total. The Hall–Kier alpha value is -0.830. The van der Waals surface area contributed by atoms with Gasteiger partial charge < -0.3 is 10.0 Å². The maximum atomic E-state index is 11.3. The Morgan fingerprint density at radius 2 is 2.25 bits per heavy atom. The van der Waals surface area contributed by atoms with Crippen LogP contribution in [0.4, 0.5) is 0 Å². The van der Waals surface area contributed by atoms with Crippen molar-refractivity contribution in [1.82, 2.24) is 4.90 Å². The summed E-state index contributed by atoms with van der Waals surface area (Å²) in [6.45, 7) is 6.68. The van der Waals surface area contributed by atoms with E-state index >= 15 is 0 Å². The van der Waals surface area contributed by atoms with Crippen LogP contribution in [0.15, 0.2) is 12.7 Å². The van der Waals surface area contributed by atoms with Gasteiger partial charge in [0.1, 0.15) is 0 Å². The molecule has 0 aromatic heterocycles. The van der Waals surface area contributed by atoms with Gasteiger partial charge in [0.05, 0.1) is 6.61 Å². The monoisotopic (exact) mass is 171 g/mol. The van der Waals surface area contributed by atoms with E-state index in [1.807, 2.05) is 6.92 Å². The van der Waals surface area contributed by atoms with Gasteiger partial charge in [0.15, 0.2) is 0 Å². The molecule has 0 aliphatic carbocycles. The highest BCUT2D eigenvalue weighted by Crippen LogP contribution is 1.96. The molecule has 0 aliphatic heterocycles. The summed E-state index contributed by atoms with van der Waals surface area (Å²) in [7, 11) is 0. The third kappa shape index (κ3) is 4.13. The highest BCUT2D eigenvalue weighted by atomic mass is 16.3. The second-order valence-corrected chi connectivity index (χ2v) is 2.60. The maximum Gasteiger partial charge on any atom is 0.226 e. The lowest BCUT2D eigenvalue weighted by Gasteiger charge is -2.19. The summed E-state index contributed by atoms with van der Waals surface area (Å²) in [5, 5.41) is 8.66. The second-order valence-electron chi connectivity index (χ2n) is 2.60. The van der Waals surface area contributed by atoms with Crippen molar-refractivity contribution in [1.29, 1.82) is 0 Å². The minimum Gasteiger partial charge on any atom is -0.395 e. The van der Waals surface area contributed by atoms with E-state index < -0.39 is 0 Å². The fourth-order valence-electron chi connectivity index (χ4n) is 1.00. The quantitative estimate of drug-likeness (QED) is 0.600. The van der Waals surface area contributed by atoms with Crippen LogP contribution in [0.5, 0.6) is 0 Å². The summed E-state index contributed by atoms with van der Waals surface area (Å²) in [5.74, 6) is 0.0425. The maximum absolute atomic E-state index is 11.3. The number of rotatable bonds is 6. The molecule has 0 rings (SSSR count). The lowest BCUT2D eigenvalue weighted by atomic mass is 10.3. The number of aliphatic hydroxyl groups excluding tert-OH is 1. The highest BCUT2D eigenvalue weighted by molar-refractivity contribution is 5.77. The summed E-state index contributed by atoms with van der Waals surface area (Å²) in [4.78, 5) is 12.9. The molecular weight excluding hydrogens is 154 g/mol. The van der Waals surface area contributed by atoms with Crippen LogP contribution in [-0.4, -0.2) is 35.6 Å². The molecule has 0 heterocycles. The Labute approximate surface area is 73.7 Å². The van der Waals surface area contributed by atoms with Gasteiger partial charge in [-0.3, -0.25) is 4.79 Å². The molecule has 12 heavy (non-hydrogen) atoms. The molecule has 0 saturated carbocycles. The van der Waals surface area contributed by atoms with E-state index in [0.29, 0.717) is 19.5 Å². The fourth-order valence-corrected chi connectivity index (χ4v) is 1.00. The van der Waals surface area contributed by atoms with Gasteiger partial charge in [-0.15, -0.1) is 6.58 Å². The summed E-state index contributed by atoms with van der Waals surface area (Å²) < 4.78 is 0. The average molecular weight is 171 g/mol. The van der Waals surface area contributed by atoms with E-state index in [2.05, 4.69) is 6.58 Å². The Kier molecular flexibility index (Phi) is 6.38. The number of amides is 1. The zero-order valence-electron chi connectivity index (χ0n) is 7.62. The van der Waals surface area contributed by atoms with Gasteiger partial charge in [-0.05, 0) is 6.42 Å². The SMILES string of the molecule is C=CCC(=O)N(CCC)CCO. The first kappa shape index (κ1) is 11.2. The molecule has 0 fully saturated rings. The van der Waals surface area contributed by atoms with Crippen molar-refractivity contribution >= 4 is 5.91 Å². The van der Waals surface area contributed by atoms with Gasteiger partial charge in [-0.1, -0.05) is 13.0 Å². The predicted octanol–water partition coefficient (Wildman–Crippen LogP) is 0.793. The molecule has 0 unspecified atom stereocenters. The van der Waals surface area contributed by atoms with E-state index in [0.717, 1.165) is 6.42 Å². The molecule has 0 radical (unpaired) electrons. The minimum absolute atomic E-state index is 0.0306. The van der Waals surface area contributed by atoms with Crippen LogP contribution in [0.3, 0.4) is 0 Å². The van der Waals surface area contributed by atoms with Crippen molar-refractivity contribution in [2.24, 2.45) is 0 Å². The van der Waals surface area contributed by atoms with Gasteiger partial charge in [-0.2, -0.15) is 0 Å². The summed E-state index contributed by atoms with van der Waals surface area (Å²) in [5.41, 5.74) is 0. The van der Waals surface area contributed by atoms with Gasteiger partial charge in [0.2, 0.25) is 5.91 Å². The van der Waals surface area contributed by atoms with Crippen LogP contribution in [0.25, 0.3) is 0 Å². The first-order valence-electron chi connectivity index (χ1n) is 4.25. The zero-order chi connectivity index (χ0) is 9.40. The van der Waals surface area contributed by atoms with E-state index in [1.54, 1.807) is 11.0 Å². The van der Waals surface area contributed by atoms with E-state index in [4.69, 9.17) is 5.11 Å². The number of hydrogen-bond acceptors (Lipinski definition) is 2. The molecule has 0 aromatic carbocycles. The minimum atomic E-state index is 0.0306. The molecule has 3 nitrogen and oxygen atoms in total. The van der Waals surface area contributed by atoms with E-state index in [1.165, 1.54) is 0 Å². The Morgan fingerprint density at radius 3 is 2.67 bits per heavy atom. The standard InChI is InChI=1S/C9H17NO2/c1-3-5-9(12)10(6-4-2)7-8-11/h3,11H,1,4-8H2,2H3. The molecule has 0 saturated heterocycles. The van der Waals surface area contributed by atoms with Crippen LogP contribution in [0.1, 0.15) is 19.8 Å². The second kappa shape index (κ2) is 6.85.